The SMILES string of the molecule is CCc1nc(N(C)C(C)C(C)C)sc1C(=O)O. The standard InChI is InChI=1S/C12H20N2O2S/c1-6-9-10(11(15)16)17-12(13-9)14(5)8(4)7(2)3/h7-8H,6H2,1-5H3,(H,15,16). The maximum Gasteiger partial charge on any atom is 0.347 e. The van der Waals surface area contributed by atoms with Crippen LogP contribution in [0.1, 0.15) is 43.1 Å². The molecule has 1 unspecified atom stereocenters. The predicted molar refractivity (Wildman–Crippen MR) is 71.2 cm³/mol. The molecule has 96 valence electrons. The number of hydrogen-bond donors (Lipinski definition) is 1. The van der Waals surface area contributed by atoms with Crippen LogP contribution in [0.15, 0.2) is 0 Å². The fourth-order valence-corrected chi connectivity index (χ4v) is 2.56. The van der Waals surface area contributed by atoms with Crippen molar-refractivity contribution in [3.8, 4) is 0 Å². The summed E-state index contributed by atoms with van der Waals surface area (Å²) in [7, 11) is 1.97. The summed E-state index contributed by atoms with van der Waals surface area (Å²) in [5.74, 6) is -0.376. The first-order valence-electron chi connectivity index (χ1n) is 5.84. The van der Waals surface area contributed by atoms with E-state index >= 15 is 0 Å². The van der Waals surface area contributed by atoms with Crippen molar-refractivity contribution in [3.05, 3.63) is 10.6 Å². The minimum Gasteiger partial charge on any atom is -0.477 e. The Morgan fingerprint density at radius 2 is 2.06 bits per heavy atom. The number of hydrogen-bond acceptors (Lipinski definition) is 4. The molecule has 0 spiro atoms. The van der Waals surface area contributed by atoms with E-state index in [1.165, 1.54) is 11.3 Å². The van der Waals surface area contributed by atoms with Crippen molar-refractivity contribution >= 4 is 22.4 Å². The van der Waals surface area contributed by atoms with Crippen LogP contribution < -0.4 is 4.90 Å². The van der Waals surface area contributed by atoms with Crippen molar-refractivity contribution in [2.75, 3.05) is 11.9 Å². The van der Waals surface area contributed by atoms with Crippen molar-refractivity contribution in [1.82, 2.24) is 4.98 Å². The zero-order valence-electron chi connectivity index (χ0n) is 11.0. The molecule has 0 aliphatic rings. The van der Waals surface area contributed by atoms with Crippen molar-refractivity contribution < 1.29 is 9.90 Å². The lowest BCUT2D eigenvalue weighted by atomic mass is 10.1. The minimum atomic E-state index is -0.879. The van der Waals surface area contributed by atoms with E-state index in [0.29, 0.717) is 29.0 Å². The topological polar surface area (TPSA) is 53.4 Å². The first kappa shape index (κ1) is 14.0. The first-order valence-corrected chi connectivity index (χ1v) is 6.65. The highest BCUT2D eigenvalue weighted by molar-refractivity contribution is 7.17. The summed E-state index contributed by atoms with van der Waals surface area (Å²) in [4.78, 5) is 17.9. The third-order valence-electron chi connectivity index (χ3n) is 3.09. The van der Waals surface area contributed by atoms with Crippen LogP contribution in [0.25, 0.3) is 0 Å². The molecule has 0 aliphatic heterocycles. The molecule has 0 fully saturated rings. The number of rotatable bonds is 5. The van der Waals surface area contributed by atoms with Crippen molar-refractivity contribution in [2.24, 2.45) is 5.92 Å². The van der Waals surface area contributed by atoms with Gasteiger partial charge in [0.05, 0.1) is 5.69 Å². The van der Waals surface area contributed by atoms with E-state index in [0.717, 1.165) is 5.13 Å². The van der Waals surface area contributed by atoms with Crippen LogP contribution in [-0.2, 0) is 6.42 Å². The van der Waals surface area contributed by atoms with E-state index in [1.807, 2.05) is 14.0 Å². The van der Waals surface area contributed by atoms with Gasteiger partial charge in [0.15, 0.2) is 5.13 Å². The van der Waals surface area contributed by atoms with Gasteiger partial charge in [0.1, 0.15) is 4.88 Å². The van der Waals surface area contributed by atoms with Gasteiger partial charge in [-0.3, -0.25) is 0 Å². The summed E-state index contributed by atoms with van der Waals surface area (Å²) < 4.78 is 0. The molecule has 0 aromatic carbocycles. The van der Waals surface area contributed by atoms with Crippen LogP contribution >= 0.6 is 11.3 Å². The van der Waals surface area contributed by atoms with Crippen molar-refractivity contribution in [1.29, 1.82) is 0 Å². The van der Waals surface area contributed by atoms with Crippen LogP contribution in [0.2, 0.25) is 0 Å². The average molecular weight is 256 g/mol. The number of carbonyl (C=O) groups is 1. The van der Waals surface area contributed by atoms with Gasteiger partial charge in [-0.25, -0.2) is 9.78 Å². The summed E-state index contributed by atoms with van der Waals surface area (Å²) in [5.41, 5.74) is 0.681. The number of nitrogens with zero attached hydrogens (tertiary/aromatic N) is 2. The lowest BCUT2D eigenvalue weighted by Crippen LogP contribution is -2.33. The first-order chi connectivity index (χ1) is 7.88. The molecule has 0 bridgehead atoms. The van der Waals surface area contributed by atoms with Gasteiger partial charge in [-0.15, -0.1) is 0 Å². The Kier molecular flexibility index (Phi) is 4.51. The van der Waals surface area contributed by atoms with Crippen molar-refractivity contribution in [3.63, 3.8) is 0 Å². The lowest BCUT2D eigenvalue weighted by Gasteiger charge is -2.27. The third kappa shape index (κ3) is 2.97. The van der Waals surface area contributed by atoms with E-state index in [9.17, 15) is 4.79 Å². The van der Waals surface area contributed by atoms with Crippen LogP contribution in [0, 0.1) is 5.92 Å². The van der Waals surface area contributed by atoms with Gasteiger partial charge in [0.25, 0.3) is 0 Å². The highest BCUT2D eigenvalue weighted by atomic mass is 32.1. The molecule has 1 N–H and O–H groups in total. The monoisotopic (exact) mass is 256 g/mol. The Bertz CT molecular complexity index is 401. The van der Waals surface area contributed by atoms with E-state index in [-0.39, 0.29) is 0 Å². The highest BCUT2D eigenvalue weighted by Gasteiger charge is 2.21. The summed E-state index contributed by atoms with van der Waals surface area (Å²) in [6, 6.07) is 0.340. The molecular formula is C12H20N2O2S. The van der Waals surface area contributed by atoms with Crippen LogP contribution in [-0.4, -0.2) is 29.1 Å². The Morgan fingerprint density at radius 1 is 1.47 bits per heavy atom. The van der Waals surface area contributed by atoms with E-state index in [1.54, 1.807) is 0 Å². The van der Waals surface area contributed by atoms with E-state index < -0.39 is 5.97 Å². The van der Waals surface area contributed by atoms with Gasteiger partial charge < -0.3 is 10.0 Å². The molecule has 1 aromatic heterocycles. The van der Waals surface area contributed by atoms with Gasteiger partial charge in [0, 0.05) is 13.1 Å². The largest absolute Gasteiger partial charge is 0.477 e. The number of thiazole rings is 1. The van der Waals surface area contributed by atoms with Crippen LogP contribution in [0.5, 0.6) is 0 Å². The average Bonchev–Trinajstić information content (AvgIpc) is 2.70. The number of carboxylic acids is 1. The maximum atomic E-state index is 11.1. The molecular weight excluding hydrogens is 236 g/mol. The second kappa shape index (κ2) is 5.49. The number of aryl methyl sites for hydroxylation is 1. The molecule has 5 heteroatoms. The second-order valence-electron chi connectivity index (χ2n) is 4.53. The molecule has 1 atom stereocenters. The molecule has 1 aromatic rings. The molecule has 0 radical (unpaired) electrons. The number of carboxylic acid groups (broad SMARTS) is 1. The maximum absolute atomic E-state index is 11.1. The Balaban J connectivity index is 3.03. The van der Waals surface area contributed by atoms with E-state index in [2.05, 4.69) is 30.7 Å². The van der Waals surface area contributed by atoms with E-state index in [4.69, 9.17) is 5.11 Å². The zero-order chi connectivity index (χ0) is 13.2. The number of aromatic carboxylic acids is 1. The molecule has 0 aliphatic carbocycles. The smallest absolute Gasteiger partial charge is 0.347 e. The van der Waals surface area contributed by atoms with Gasteiger partial charge >= 0.3 is 5.97 Å². The quantitative estimate of drug-likeness (QED) is 0.880. The fourth-order valence-electron chi connectivity index (χ4n) is 1.52. The highest BCUT2D eigenvalue weighted by Crippen LogP contribution is 2.28. The third-order valence-corrected chi connectivity index (χ3v) is 4.27. The predicted octanol–water partition coefficient (Wildman–Crippen LogP) is 2.88. The minimum absolute atomic E-state index is 0.340. The lowest BCUT2D eigenvalue weighted by molar-refractivity contribution is 0.0701. The molecule has 0 saturated carbocycles. The molecule has 0 amide bonds. The molecule has 17 heavy (non-hydrogen) atoms. The van der Waals surface area contributed by atoms with Gasteiger partial charge in [0.2, 0.25) is 0 Å². The molecule has 1 heterocycles. The Hall–Kier alpha value is -1.10. The fraction of sp³-hybridized carbons (Fsp3) is 0.667. The summed E-state index contributed by atoms with van der Waals surface area (Å²) in [5, 5.41) is 9.88. The second-order valence-corrected chi connectivity index (χ2v) is 5.50. The van der Waals surface area contributed by atoms with Crippen molar-refractivity contribution in [2.45, 2.75) is 40.2 Å². The number of aromatic nitrogens is 1. The van der Waals surface area contributed by atoms with Gasteiger partial charge in [-0.1, -0.05) is 32.1 Å². The van der Waals surface area contributed by atoms with Gasteiger partial charge in [-0.05, 0) is 19.3 Å². The van der Waals surface area contributed by atoms with Crippen LogP contribution in [0.4, 0.5) is 5.13 Å². The number of anilines is 1. The summed E-state index contributed by atoms with van der Waals surface area (Å²) >= 11 is 1.26. The molecule has 0 saturated heterocycles. The van der Waals surface area contributed by atoms with Gasteiger partial charge in [-0.2, -0.15) is 0 Å². The normalized spacial score (nSPS) is 12.8. The Morgan fingerprint density at radius 3 is 2.41 bits per heavy atom. The summed E-state index contributed by atoms with van der Waals surface area (Å²) in [6.45, 7) is 8.34. The Labute approximate surface area is 106 Å². The van der Waals surface area contributed by atoms with Crippen LogP contribution in [0.3, 0.4) is 0 Å². The molecule has 1 rings (SSSR count). The summed E-state index contributed by atoms with van der Waals surface area (Å²) in [6.07, 6.45) is 0.655. The zero-order valence-corrected chi connectivity index (χ0v) is 11.8. The molecule has 4 nitrogen and oxygen atoms in total.